The molecular weight excluding hydrogens is 446 g/mol. The lowest BCUT2D eigenvalue weighted by molar-refractivity contribution is -0.137. The number of ether oxygens (including phenoxy) is 1. The van der Waals surface area contributed by atoms with Crippen LogP contribution in [0.25, 0.3) is 0 Å². The van der Waals surface area contributed by atoms with E-state index in [0.717, 1.165) is 43.1 Å². The van der Waals surface area contributed by atoms with Crippen LogP contribution in [0.2, 0.25) is 5.02 Å². The number of aromatic nitrogens is 1. The molecule has 0 aliphatic carbocycles. The average molecular weight is 464 g/mol. The van der Waals surface area contributed by atoms with Gasteiger partial charge in [-0.3, -0.25) is 9.52 Å². The van der Waals surface area contributed by atoms with Crippen molar-refractivity contribution in [3.05, 3.63) is 52.4 Å². The van der Waals surface area contributed by atoms with E-state index in [-0.39, 0.29) is 29.0 Å². The van der Waals surface area contributed by atoms with Gasteiger partial charge in [0.1, 0.15) is 24.0 Å². The number of halogens is 5. The summed E-state index contributed by atoms with van der Waals surface area (Å²) in [5, 5.41) is 0.0832. The fourth-order valence-corrected chi connectivity index (χ4v) is 3.69. The zero-order valence-electron chi connectivity index (χ0n) is 15.8. The number of hydrogen-bond acceptors (Lipinski definition) is 5. The Bertz CT molecular complexity index is 912. The molecule has 1 aromatic carbocycles. The zero-order chi connectivity index (χ0) is 21.9. The second-order valence-electron chi connectivity index (χ2n) is 6.60. The van der Waals surface area contributed by atoms with Crippen LogP contribution in [-0.4, -0.2) is 36.3 Å². The highest BCUT2D eigenvalue weighted by Crippen LogP contribution is 2.32. The maximum atomic E-state index is 14.3. The van der Waals surface area contributed by atoms with Crippen molar-refractivity contribution >= 4 is 35.3 Å². The number of hydrogen-bond donors (Lipinski definition) is 1. The van der Waals surface area contributed by atoms with Gasteiger partial charge in [0, 0.05) is 25.1 Å². The molecule has 5 nitrogen and oxygen atoms in total. The third kappa shape index (κ3) is 5.10. The quantitative estimate of drug-likeness (QED) is 0.485. The van der Waals surface area contributed by atoms with Crippen LogP contribution >= 0.6 is 23.5 Å². The first-order valence-electron chi connectivity index (χ1n) is 8.95. The molecule has 1 N–H and O–H groups in total. The highest BCUT2D eigenvalue weighted by Gasteiger charge is 2.32. The average Bonchev–Trinajstić information content (AvgIpc) is 3.16. The first-order chi connectivity index (χ1) is 14.2. The summed E-state index contributed by atoms with van der Waals surface area (Å²) < 4.78 is 60.5. The number of pyridine rings is 1. The molecular formula is C19H18ClF4N3O2S. The minimum Gasteiger partial charge on any atom is -0.490 e. The second kappa shape index (κ2) is 9.30. The second-order valence-corrected chi connectivity index (χ2v) is 7.62. The molecule has 30 heavy (non-hydrogen) atoms. The van der Waals surface area contributed by atoms with Crippen molar-refractivity contribution < 1.29 is 27.1 Å². The maximum Gasteiger partial charge on any atom is 0.417 e. The Labute approximate surface area is 179 Å². The van der Waals surface area contributed by atoms with Gasteiger partial charge in [-0.1, -0.05) is 23.5 Å². The number of alkyl halides is 3. The smallest absolute Gasteiger partial charge is 0.417 e. The molecule has 2 aromatic rings. The number of carbonyl (C=O) groups excluding carboxylic acids is 1. The van der Waals surface area contributed by atoms with E-state index in [0.29, 0.717) is 12.4 Å². The largest absolute Gasteiger partial charge is 0.490 e. The molecule has 1 saturated heterocycles. The van der Waals surface area contributed by atoms with Gasteiger partial charge >= 0.3 is 6.18 Å². The SMILES string of the molecule is CSNC(=O)c1cc(Cl)c(OCC2CCCN2c2ccc(C(F)(F)F)cn2)cc1F. The summed E-state index contributed by atoms with van der Waals surface area (Å²) >= 11 is 7.17. The normalized spacial score (nSPS) is 16.6. The lowest BCUT2D eigenvalue weighted by atomic mass is 10.2. The molecule has 1 aliphatic rings. The number of amides is 1. The summed E-state index contributed by atoms with van der Waals surface area (Å²) in [6, 6.07) is 4.40. The molecule has 1 atom stereocenters. The molecule has 1 aliphatic heterocycles. The third-order valence-corrected chi connectivity index (χ3v) is 5.32. The molecule has 1 fully saturated rings. The molecule has 2 heterocycles. The van der Waals surface area contributed by atoms with Gasteiger partial charge in [-0.25, -0.2) is 9.37 Å². The fourth-order valence-electron chi connectivity index (χ4n) is 3.18. The molecule has 0 bridgehead atoms. The number of benzene rings is 1. The number of anilines is 1. The summed E-state index contributed by atoms with van der Waals surface area (Å²) in [6.07, 6.45) is -0.466. The Hall–Kier alpha value is -2.20. The van der Waals surface area contributed by atoms with E-state index in [9.17, 15) is 22.4 Å². The molecule has 1 aromatic heterocycles. The molecule has 1 amide bonds. The molecule has 3 rings (SSSR count). The highest BCUT2D eigenvalue weighted by atomic mass is 35.5. The van der Waals surface area contributed by atoms with Gasteiger partial charge in [0.05, 0.1) is 22.2 Å². The van der Waals surface area contributed by atoms with Crippen molar-refractivity contribution in [3.63, 3.8) is 0 Å². The van der Waals surface area contributed by atoms with Gasteiger partial charge in [-0.05, 0) is 31.0 Å². The van der Waals surface area contributed by atoms with Crippen LogP contribution in [-0.2, 0) is 6.18 Å². The van der Waals surface area contributed by atoms with E-state index < -0.39 is 23.5 Å². The summed E-state index contributed by atoms with van der Waals surface area (Å²) in [6.45, 7) is 0.750. The Balaban J connectivity index is 1.69. The van der Waals surface area contributed by atoms with Crippen LogP contribution in [0.1, 0.15) is 28.8 Å². The predicted molar refractivity (Wildman–Crippen MR) is 107 cm³/mol. The van der Waals surface area contributed by atoms with Crippen LogP contribution in [0.3, 0.4) is 0 Å². The fraction of sp³-hybridized carbons (Fsp3) is 0.368. The van der Waals surface area contributed by atoms with E-state index in [4.69, 9.17) is 16.3 Å². The number of rotatable bonds is 6. The standard InChI is InChI=1S/C19H18ClF4N3O2S/c1-30-26-18(28)13-7-14(20)16(8-15(13)21)29-10-12-3-2-6-27(12)17-5-4-11(9-25-17)19(22,23)24/h4-5,7-9,12H,2-3,6,10H2,1H3,(H,26,28). The van der Waals surface area contributed by atoms with Crippen LogP contribution in [0.5, 0.6) is 5.75 Å². The maximum absolute atomic E-state index is 14.3. The van der Waals surface area contributed by atoms with Crippen molar-refractivity contribution in [2.45, 2.75) is 25.1 Å². The molecule has 0 spiro atoms. The van der Waals surface area contributed by atoms with Crippen molar-refractivity contribution in [2.24, 2.45) is 0 Å². The Morgan fingerprint density at radius 1 is 1.40 bits per heavy atom. The predicted octanol–water partition coefficient (Wildman–Crippen LogP) is 4.95. The van der Waals surface area contributed by atoms with E-state index in [2.05, 4.69) is 9.71 Å². The minimum absolute atomic E-state index is 0.0832. The van der Waals surface area contributed by atoms with Crippen LogP contribution in [0, 0.1) is 5.82 Å². The molecule has 11 heteroatoms. The first-order valence-corrected chi connectivity index (χ1v) is 10.6. The van der Waals surface area contributed by atoms with Gasteiger partial charge in [-0.15, -0.1) is 0 Å². The van der Waals surface area contributed by atoms with Crippen molar-refractivity contribution in [2.75, 3.05) is 24.3 Å². The Kier molecular flexibility index (Phi) is 6.97. The Morgan fingerprint density at radius 3 is 2.80 bits per heavy atom. The lowest BCUT2D eigenvalue weighted by Gasteiger charge is -2.26. The Morgan fingerprint density at radius 2 is 2.17 bits per heavy atom. The first kappa shape index (κ1) is 22.5. The number of nitrogens with zero attached hydrogens (tertiary/aromatic N) is 2. The van der Waals surface area contributed by atoms with E-state index in [1.165, 1.54) is 12.1 Å². The van der Waals surface area contributed by atoms with Crippen LogP contribution < -0.4 is 14.4 Å². The summed E-state index contributed by atoms with van der Waals surface area (Å²) in [5.74, 6) is -0.880. The van der Waals surface area contributed by atoms with Crippen molar-refractivity contribution in [1.29, 1.82) is 0 Å². The van der Waals surface area contributed by atoms with Gasteiger partial charge in [0.25, 0.3) is 5.91 Å². The molecule has 162 valence electrons. The lowest BCUT2D eigenvalue weighted by Crippen LogP contribution is -2.34. The minimum atomic E-state index is -4.45. The summed E-state index contributed by atoms with van der Waals surface area (Å²) in [5.41, 5.74) is -1.01. The highest BCUT2D eigenvalue weighted by molar-refractivity contribution is 7.97. The zero-order valence-corrected chi connectivity index (χ0v) is 17.4. The molecule has 0 radical (unpaired) electrons. The number of carbonyl (C=O) groups is 1. The van der Waals surface area contributed by atoms with E-state index >= 15 is 0 Å². The van der Waals surface area contributed by atoms with Crippen molar-refractivity contribution in [1.82, 2.24) is 9.71 Å². The topological polar surface area (TPSA) is 54.5 Å². The summed E-state index contributed by atoms with van der Waals surface area (Å²) in [4.78, 5) is 17.6. The molecule has 0 saturated carbocycles. The van der Waals surface area contributed by atoms with Gasteiger partial charge in [0.15, 0.2) is 0 Å². The summed E-state index contributed by atoms with van der Waals surface area (Å²) in [7, 11) is 0. The third-order valence-electron chi connectivity index (χ3n) is 4.64. The van der Waals surface area contributed by atoms with Crippen LogP contribution in [0.4, 0.5) is 23.4 Å². The van der Waals surface area contributed by atoms with Crippen molar-refractivity contribution in [3.8, 4) is 5.75 Å². The van der Waals surface area contributed by atoms with Crippen LogP contribution in [0.15, 0.2) is 30.5 Å². The monoisotopic (exact) mass is 463 g/mol. The van der Waals surface area contributed by atoms with Gasteiger partial charge in [-0.2, -0.15) is 13.2 Å². The molecule has 1 unspecified atom stereocenters. The van der Waals surface area contributed by atoms with E-state index in [1.54, 1.807) is 6.26 Å². The van der Waals surface area contributed by atoms with Gasteiger partial charge in [0.2, 0.25) is 0 Å². The van der Waals surface area contributed by atoms with E-state index in [1.807, 2.05) is 4.90 Å². The van der Waals surface area contributed by atoms with Gasteiger partial charge < -0.3 is 9.64 Å². The number of nitrogens with one attached hydrogen (secondary N) is 1.